The third kappa shape index (κ3) is 3.05. The predicted octanol–water partition coefficient (Wildman–Crippen LogP) is 2.70. The van der Waals surface area contributed by atoms with Crippen molar-refractivity contribution < 1.29 is 8.42 Å². The van der Waals surface area contributed by atoms with Gasteiger partial charge in [-0.25, -0.2) is 13.4 Å². The molecule has 1 N–H and O–H groups in total. The van der Waals surface area contributed by atoms with Gasteiger partial charge in [0.05, 0.1) is 11.0 Å². The summed E-state index contributed by atoms with van der Waals surface area (Å²) in [4.78, 5) is 11.1. The van der Waals surface area contributed by atoms with E-state index < -0.39 is 10.0 Å². The third-order valence-corrected chi connectivity index (χ3v) is 8.09. The number of benzene rings is 1. The molecule has 1 aliphatic heterocycles. The van der Waals surface area contributed by atoms with E-state index in [2.05, 4.69) is 14.9 Å². The molecule has 1 aliphatic rings. The molecule has 0 radical (unpaired) electrons. The molecule has 0 unspecified atom stereocenters. The molecular weight excluding hydrogens is 356 g/mol. The lowest BCUT2D eigenvalue weighted by molar-refractivity contribution is 0.384. The number of hydrogen-bond donors (Lipinski definition) is 1. The number of imidazole rings is 1. The normalized spacial score (nSPS) is 16.6. The number of aromatic amines is 1. The molecule has 0 saturated carbocycles. The van der Waals surface area contributed by atoms with Gasteiger partial charge in [0, 0.05) is 31.1 Å². The van der Waals surface area contributed by atoms with Crippen LogP contribution in [-0.2, 0) is 16.4 Å². The van der Waals surface area contributed by atoms with Crippen molar-refractivity contribution in [2.75, 3.05) is 31.1 Å². The molecule has 0 spiro atoms. The zero-order valence-electron chi connectivity index (χ0n) is 14.0. The first-order chi connectivity index (χ1) is 12.1. The second-order valence-electron chi connectivity index (χ2n) is 6.04. The summed E-state index contributed by atoms with van der Waals surface area (Å²) >= 11 is 1.37. The van der Waals surface area contributed by atoms with Crippen molar-refractivity contribution in [1.82, 2.24) is 14.3 Å². The van der Waals surface area contributed by atoms with E-state index >= 15 is 0 Å². The summed E-state index contributed by atoms with van der Waals surface area (Å²) in [5.74, 6) is 0.808. The van der Waals surface area contributed by atoms with Crippen molar-refractivity contribution in [3.8, 4) is 0 Å². The van der Waals surface area contributed by atoms with Crippen molar-refractivity contribution in [3.05, 3.63) is 41.3 Å². The van der Waals surface area contributed by atoms with Gasteiger partial charge in [0.25, 0.3) is 10.0 Å². The van der Waals surface area contributed by atoms with Gasteiger partial charge in [0.1, 0.15) is 4.21 Å². The highest BCUT2D eigenvalue weighted by Crippen LogP contribution is 2.27. The van der Waals surface area contributed by atoms with Crippen LogP contribution in [0.5, 0.6) is 0 Å². The zero-order chi connectivity index (χ0) is 17.4. The lowest BCUT2D eigenvalue weighted by Crippen LogP contribution is -2.48. The van der Waals surface area contributed by atoms with Gasteiger partial charge in [0.15, 0.2) is 0 Å². The van der Waals surface area contributed by atoms with Crippen molar-refractivity contribution in [2.24, 2.45) is 0 Å². The third-order valence-electron chi connectivity index (χ3n) is 4.49. The average molecular weight is 377 g/mol. The van der Waals surface area contributed by atoms with Gasteiger partial charge in [-0.3, -0.25) is 0 Å². The molecule has 132 valence electrons. The van der Waals surface area contributed by atoms with Crippen LogP contribution in [0, 0.1) is 0 Å². The summed E-state index contributed by atoms with van der Waals surface area (Å²) in [5.41, 5.74) is 1.93. The Labute approximate surface area is 151 Å². The van der Waals surface area contributed by atoms with Crippen LogP contribution in [0.4, 0.5) is 5.95 Å². The number of H-pyrrole nitrogens is 1. The number of nitrogens with one attached hydrogen (secondary N) is 1. The summed E-state index contributed by atoms with van der Waals surface area (Å²) in [7, 11) is -3.39. The fraction of sp³-hybridized carbons (Fsp3) is 0.353. The van der Waals surface area contributed by atoms with Crippen LogP contribution in [-0.4, -0.2) is 48.9 Å². The van der Waals surface area contributed by atoms with Crippen LogP contribution < -0.4 is 4.90 Å². The van der Waals surface area contributed by atoms with E-state index in [0.717, 1.165) is 28.3 Å². The molecule has 1 aromatic carbocycles. The number of rotatable bonds is 4. The van der Waals surface area contributed by atoms with Crippen molar-refractivity contribution in [2.45, 2.75) is 17.6 Å². The quantitative estimate of drug-likeness (QED) is 0.760. The molecule has 3 aromatic rings. The Hall–Kier alpha value is -1.90. The molecular formula is C17H20N4O2S2. The van der Waals surface area contributed by atoms with Crippen LogP contribution >= 0.6 is 11.3 Å². The second-order valence-corrected chi connectivity index (χ2v) is 9.38. The van der Waals surface area contributed by atoms with Crippen molar-refractivity contribution >= 4 is 38.3 Å². The Morgan fingerprint density at radius 1 is 1.12 bits per heavy atom. The molecule has 6 nitrogen and oxygen atoms in total. The molecule has 1 fully saturated rings. The SMILES string of the molecule is CCc1ccc(S(=O)(=O)N2CCN(c3nc4ccccc4[nH]3)CC2)s1. The lowest BCUT2D eigenvalue weighted by atomic mass is 10.3. The van der Waals surface area contributed by atoms with Crippen molar-refractivity contribution in [1.29, 1.82) is 0 Å². The number of piperazine rings is 1. The first-order valence-electron chi connectivity index (χ1n) is 8.36. The molecule has 0 atom stereocenters. The summed E-state index contributed by atoms with van der Waals surface area (Å²) < 4.78 is 27.6. The molecule has 3 heterocycles. The largest absolute Gasteiger partial charge is 0.340 e. The topological polar surface area (TPSA) is 69.3 Å². The summed E-state index contributed by atoms with van der Waals surface area (Å²) in [6.07, 6.45) is 0.861. The van der Waals surface area contributed by atoms with Gasteiger partial charge >= 0.3 is 0 Å². The molecule has 25 heavy (non-hydrogen) atoms. The first-order valence-corrected chi connectivity index (χ1v) is 10.6. The van der Waals surface area contributed by atoms with Gasteiger partial charge in [-0.1, -0.05) is 19.1 Å². The Bertz CT molecular complexity index is 952. The highest BCUT2D eigenvalue weighted by atomic mass is 32.2. The molecule has 0 bridgehead atoms. The summed E-state index contributed by atoms with van der Waals surface area (Å²) in [5, 5.41) is 0. The number of aryl methyl sites for hydroxylation is 1. The monoisotopic (exact) mass is 376 g/mol. The summed E-state index contributed by atoms with van der Waals surface area (Å²) in [6, 6.07) is 11.5. The van der Waals surface area contributed by atoms with Gasteiger partial charge in [-0.05, 0) is 30.7 Å². The number of sulfonamides is 1. The Kier molecular flexibility index (Phi) is 4.26. The number of hydrogen-bond acceptors (Lipinski definition) is 5. The van der Waals surface area contributed by atoms with E-state index in [4.69, 9.17) is 0 Å². The van der Waals surface area contributed by atoms with Crippen molar-refractivity contribution in [3.63, 3.8) is 0 Å². The highest BCUT2D eigenvalue weighted by Gasteiger charge is 2.30. The molecule has 4 rings (SSSR count). The Morgan fingerprint density at radius 3 is 2.56 bits per heavy atom. The molecule has 2 aromatic heterocycles. The minimum Gasteiger partial charge on any atom is -0.340 e. The van der Waals surface area contributed by atoms with Crippen LogP contribution in [0.15, 0.2) is 40.6 Å². The van der Waals surface area contributed by atoms with Gasteiger partial charge in [0.2, 0.25) is 5.95 Å². The maximum atomic E-state index is 12.8. The standard InChI is InChI=1S/C17H20N4O2S2/c1-2-13-7-8-16(24-13)25(22,23)21-11-9-20(10-12-21)17-18-14-5-3-4-6-15(14)19-17/h3-8H,2,9-12H2,1H3,(H,18,19). The van der Waals surface area contributed by atoms with Gasteiger partial charge in [-0.15, -0.1) is 11.3 Å². The maximum absolute atomic E-state index is 12.8. The highest BCUT2D eigenvalue weighted by molar-refractivity contribution is 7.91. The van der Waals surface area contributed by atoms with E-state index in [9.17, 15) is 8.42 Å². The Morgan fingerprint density at radius 2 is 1.88 bits per heavy atom. The molecule has 0 amide bonds. The number of aromatic nitrogens is 2. The lowest BCUT2D eigenvalue weighted by Gasteiger charge is -2.33. The number of nitrogens with zero attached hydrogens (tertiary/aromatic N) is 3. The molecule has 8 heteroatoms. The van der Waals surface area contributed by atoms with E-state index in [0.29, 0.717) is 30.4 Å². The van der Waals surface area contributed by atoms with Crippen LogP contribution in [0.3, 0.4) is 0 Å². The van der Waals surface area contributed by atoms with Crippen LogP contribution in [0.2, 0.25) is 0 Å². The first kappa shape index (κ1) is 16.6. The smallest absolute Gasteiger partial charge is 0.252 e. The minimum absolute atomic E-state index is 0.446. The fourth-order valence-corrected chi connectivity index (χ4v) is 5.92. The van der Waals surface area contributed by atoms with Crippen LogP contribution in [0.1, 0.15) is 11.8 Å². The number of anilines is 1. The Balaban J connectivity index is 1.49. The number of para-hydroxylation sites is 2. The summed E-state index contributed by atoms with van der Waals surface area (Å²) in [6.45, 7) is 4.24. The minimum atomic E-state index is -3.39. The van der Waals surface area contributed by atoms with Gasteiger partial charge < -0.3 is 9.88 Å². The van der Waals surface area contributed by atoms with E-state index in [1.165, 1.54) is 11.3 Å². The van der Waals surface area contributed by atoms with Crippen LogP contribution in [0.25, 0.3) is 11.0 Å². The maximum Gasteiger partial charge on any atom is 0.252 e. The number of fused-ring (bicyclic) bond motifs is 1. The molecule has 0 aliphatic carbocycles. The molecule has 1 saturated heterocycles. The van der Waals surface area contributed by atoms with Gasteiger partial charge in [-0.2, -0.15) is 4.31 Å². The average Bonchev–Trinajstić information content (AvgIpc) is 3.29. The number of thiophene rings is 1. The van der Waals surface area contributed by atoms with E-state index in [1.807, 2.05) is 37.3 Å². The fourth-order valence-electron chi connectivity index (χ4n) is 3.04. The van der Waals surface area contributed by atoms with E-state index in [-0.39, 0.29) is 0 Å². The van der Waals surface area contributed by atoms with E-state index in [1.54, 1.807) is 10.4 Å². The zero-order valence-corrected chi connectivity index (χ0v) is 15.6. The second kappa shape index (κ2) is 6.44. The predicted molar refractivity (Wildman–Crippen MR) is 101 cm³/mol.